The van der Waals surface area contributed by atoms with Crippen molar-refractivity contribution in [3.8, 4) is 0 Å². The number of hydrogen-bond acceptors (Lipinski definition) is 0. The third-order valence-corrected chi connectivity index (χ3v) is 3.69. The molecule has 0 unspecified atom stereocenters. The van der Waals surface area contributed by atoms with Gasteiger partial charge in [0.05, 0.1) is 0 Å². The minimum absolute atomic E-state index is 1.31. The van der Waals surface area contributed by atoms with E-state index in [0.717, 1.165) is 0 Å². The summed E-state index contributed by atoms with van der Waals surface area (Å²) in [6.45, 7) is 6.88. The fourth-order valence-electron chi connectivity index (χ4n) is 2.40. The molecule has 0 fully saturated rings. The van der Waals surface area contributed by atoms with Crippen LogP contribution in [0.1, 0.15) is 104 Å². The molecule has 0 saturated carbocycles. The summed E-state index contributed by atoms with van der Waals surface area (Å²) in [4.78, 5) is 0. The van der Waals surface area contributed by atoms with Crippen LogP contribution in [-0.2, 0) is 0 Å². The molecule has 0 heterocycles. The molecule has 0 aliphatic carbocycles. The normalized spacial score (nSPS) is 10.6. The van der Waals surface area contributed by atoms with Gasteiger partial charge in [-0.05, 0) is 32.1 Å². The van der Waals surface area contributed by atoms with Crippen molar-refractivity contribution in [2.24, 2.45) is 0 Å². The van der Waals surface area contributed by atoms with Gasteiger partial charge in [0.25, 0.3) is 0 Å². The van der Waals surface area contributed by atoms with Crippen molar-refractivity contribution >= 4 is 0 Å². The molecule has 0 amide bonds. The Balaban J connectivity index is 3.80. The maximum Gasteiger partial charge on any atom is -0.0320 e. The van der Waals surface area contributed by atoms with Gasteiger partial charge in [0, 0.05) is 0 Å². The Labute approximate surface area is 116 Å². The Morgan fingerprint density at radius 2 is 1.11 bits per heavy atom. The molecule has 0 heteroatoms. The highest BCUT2D eigenvalue weighted by molar-refractivity contribution is 5.01. The first-order valence-corrected chi connectivity index (χ1v) is 8.53. The average Bonchev–Trinajstić information content (AvgIpc) is 2.39. The summed E-state index contributed by atoms with van der Waals surface area (Å²) in [6, 6.07) is 0. The van der Waals surface area contributed by atoms with Crippen molar-refractivity contribution in [1.82, 2.24) is 0 Å². The summed E-state index contributed by atoms with van der Waals surface area (Å²) in [6.07, 6.45) is 20.5. The summed E-state index contributed by atoms with van der Waals surface area (Å²) in [5.74, 6) is 0. The van der Waals surface area contributed by atoms with Gasteiger partial charge in [0.1, 0.15) is 0 Å². The second-order valence-electron chi connectivity index (χ2n) is 5.63. The highest BCUT2D eigenvalue weighted by atomic mass is 14.0. The van der Waals surface area contributed by atoms with Crippen LogP contribution in [0.15, 0.2) is 11.6 Å². The lowest BCUT2D eigenvalue weighted by Crippen LogP contribution is -1.88. The maximum atomic E-state index is 2.56. The summed E-state index contributed by atoms with van der Waals surface area (Å²) >= 11 is 0. The molecule has 0 spiro atoms. The zero-order chi connectivity index (χ0) is 13.5. The van der Waals surface area contributed by atoms with Gasteiger partial charge in [-0.25, -0.2) is 0 Å². The van der Waals surface area contributed by atoms with Crippen LogP contribution in [0.3, 0.4) is 0 Å². The van der Waals surface area contributed by atoms with E-state index in [0.29, 0.717) is 0 Å². The third-order valence-electron chi connectivity index (χ3n) is 3.69. The predicted octanol–water partition coefficient (Wildman–Crippen LogP) is 7.04. The van der Waals surface area contributed by atoms with Gasteiger partial charge < -0.3 is 0 Å². The Morgan fingerprint density at radius 1 is 0.611 bits per heavy atom. The fourth-order valence-corrected chi connectivity index (χ4v) is 2.40. The lowest BCUT2D eigenvalue weighted by Gasteiger charge is -2.08. The van der Waals surface area contributed by atoms with Crippen LogP contribution in [0.2, 0.25) is 0 Å². The standard InChI is InChI=1S/C18H36/c1-4-7-10-13-16-18(15-12-9-6-3)17-14-11-8-5-2/h15H,4-14,16-17H2,1-3H3. The summed E-state index contributed by atoms with van der Waals surface area (Å²) in [7, 11) is 0. The minimum Gasteiger partial charge on any atom is -0.0853 e. The van der Waals surface area contributed by atoms with Gasteiger partial charge >= 0.3 is 0 Å². The van der Waals surface area contributed by atoms with Crippen LogP contribution in [0, 0.1) is 0 Å². The van der Waals surface area contributed by atoms with E-state index in [2.05, 4.69) is 26.8 Å². The molecule has 0 aliphatic rings. The molecule has 0 nitrogen and oxygen atoms in total. The first kappa shape index (κ1) is 17.7. The third kappa shape index (κ3) is 12.2. The molecule has 0 aromatic rings. The van der Waals surface area contributed by atoms with E-state index in [9.17, 15) is 0 Å². The molecule has 0 N–H and O–H groups in total. The van der Waals surface area contributed by atoms with Crippen LogP contribution < -0.4 is 0 Å². The predicted molar refractivity (Wildman–Crippen MR) is 85.1 cm³/mol. The summed E-state index contributed by atoms with van der Waals surface area (Å²) in [5, 5.41) is 0. The van der Waals surface area contributed by atoms with Crippen molar-refractivity contribution in [2.75, 3.05) is 0 Å². The SMILES string of the molecule is CCCCC=C(CCCCCC)CCCCCC. The van der Waals surface area contributed by atoms with E-state index in [4.69, 9.17) is 0 Å². The molecule has 0 aromatic heterocycles. The van der Waals surface area contributed by atoms with E-state index in [1.54, 1.807) is 5.57 Å². The van der Waals surface area contributed by atoms with Crippen LogP contribution in [0.5, 0.6) is 0 Å². The average molecular weight is 252 g/mol. The lowest BCUT2D eigenvalue weighted by molar-refractivity contribution is 0.621. The Kier molecular flexibility index (Phi) is 14.6. The van der Waals surface area contributed by atoms with Gasteiger partial charge in [-0.2, -0.15) is 0 Å². The van der Waals surface area contributed by atoms with Crippen LogP contribution in [0.25, 0.3) is 0 Å². The molecule has 0 rings (SSSR count). The molecule has 18 heavy (non-hydrogen) atoms. The number of allylic oxidation sites excluding steroid dienone is 2. The summed E-state index contributed by atoms with van der Waals surface area (Å²) < 4.78 is 0. The largest absolute Gasteiger partial charge is 0.0853 e. The molecule has 108 valence electrons. The van der Waals surface area contributed by atoms with E-state index in [1.165, 1.54) is 83.5 Å². The van der Waals surface area contributed by atoms with Gasteiger partial charge in [0.2, 0.25) is 0 Å². The molecule has 0 aromatic carbocycles. The first-order chi connectivity index (χ1) is 8.85. The molecule has 0 atom stereocenters. The molecule has 0 bridgehead atoms. The highest BCUT2D eigenvalue weighted by Crippen LogP contribution is 2.18. The topological polar surface area (TPSA) is 0 Å². The van der Waals surface area contributed by atoms with Crippen molar-refractivity contribution < 1.29 is 0 Å². The smallest absolute Gasteiger partial charge is 0.0320 e. The molecule has 0 radical (unpaired) electrons. The Hall–Kier alpha value is -0.260. The van der Waals surface area contributed by atoms with Crippen molar-refractivity contribution in [3.05, 3.63) is 11.6 Å². The second-order valence-corrected chi connectivity index (χ2v) is 5.63. The lowest BCUT2D eigenvalue weighted by atomic mass is 9.99. The fraction of sp³-hybridized carbons (Fsp3) is 0.889. The minimum atomic E-state index is 1.31. The Morgan fingerprint density at radius 3 is 1.56 bits per heavy atom. The van der Waals surface area contributed by atoms with E-state index in [1.807, 2.05) is 0 Å². The monoisotopic (exact) mass is 252 g/mol. The maximum absolute atomic E-state index is 2.56. The molecular weight excluding hydrogens is 216 g/mol. The van der Waals surface area contributed by atoms with Crippen LogP contribution in [-0.4, -0.2) is 0 Å². The second kappa shape index (κ2) is 14.8. The molecule has 0 aliphatic heterocycles. The van der Waals surface area contributed by atoms with Crippen molar-refractivity contribution in [1.29, 1.82) is 0 Å². The Bertz CT molecular complexity index is 164. The van der Waals surface area contributed by atoms with Crippen LogP contribution in [0.4, 0.5) is 0 Å². The van der Waals surface area contributed by atoms with Crippen LogP contribution >= 0.6 is 0 Å². The molecule has 0 saturated heterocycles. The van der Waals surface area contributed by atoms with Gasteiger partial charge in [-0.15, -0.1) is 0 Å². The summed E-state index contributed by atoms with van der Waals surface area (Å²) in [5.41, 5.74) is 1.76. The highest BCUT2D eigenvalue weighted by Gasteiger charge is 1.98. The molecular formula is C18H36. The van der Waals surface area contributed by atoms with Crippen molar-refractivity contribution in [2.45, 2.75) is 104 Å². The van der Waals surface area contributed by atoms with Gasteiger partial charge in [-0.1, -0.05) is 83.8 Å². The number of unbranched alkanes of at least 4 members (excludes halogenated alkanes) is 8. The van der Waals surface area contributed by atoms with E-state index >= 15 is 0 Å². The van der Waals surface area contributed by atoms with Gasteiger partial charge in [-0.3, -0.25) is 0 Å². The zero-order valence-electron chi connectivity index (χ0n) is 13.3. The van der Waals surface area contributed by atoms with Crippen molar-refractivity contribution in [3.63, 3.8) is 0 Å². The first-order valence-electron chi connectivity index (χ1n) is 8.53. The van der Waals surface area contributed by atoms with E-state index < -0.39 is 0 Å². The number of rotatable bonds is 13. The zero-order valence-corrected chi connectivity index (χ0v) is 13.3. The van der Waals surface area contributed by atoms with E-state index in [-0.39, 0.29) is 0 Å². The van der Waals surface area contributed by atoms with Gasteiger partial charge in [0.15, 0.2) is 0 Å². The number of hydrogen-bond donors (Lipinski definition) is 0. The quantitative estimate of drug-likeness (QED) is 0.243.